The van der Waals surface area contributed by atoms with Gasteiger partial charge in [-0.15, -0.1) is 6.58 Å². The maximum Gasteiger partial charge on any atom is 0.243 e. The fraction of sp³-hybridized carbons (Fsp3) is 0.304. The second-order valence-electron chi connectivity index (χ2n) is 7.58. The molecule has 0 saturated carbocycles. The summed E-state index contributed by atoms with van der Waals surface area (Å²) in [4.78, 5) is 19.8. The van der Waals surface area contributed by atoms with Crippen molar-refractivity contribution in [2.24, 2.45) is 0 Å². The number of thioether (sulfide) groups is 1. The number of imidazole rings is 1. The Hall–Kier alpha value is -2.62. The van der Waals surface area contributed by atoms with Gasteiger partial charge in [-0.25, -0.2) is 13.4 Å². The van der Waals surface area contributed by atoms with Gasteiger partial charge in [0, 0.05) is 32.7 Å². The molecule has 0 N–H and O–H groups in total. The Morgan fingerprint density at radius 2 is 1.75 bits per heavy atom. The molecule has 1 aromatic heterocycles. The predicted octanol–water partition coefficient (Wildman–Crippen LogP) is 3.24. The monoisotopic (exact) mass is 470 g/mol. The molecule has 0 radical (unpaired) electrons. The van der Waals surface area contributed by atoms with Crippen molar-refractivity contribution >= 4 is 38.7 Å². The molecule has 32 heavy (non-hydrogen) atoms. The fourth-order valence-electron chi connectivity index (χ4n) is 3.80. The molecule has 1 saturated heterocycles. The average Bonchev–Trinajstić information content (AvgIpc) is 3.16. The summed E-state index contributed by atoms with van der Waals surface area (Å²) in [5, 5.41) is 0.435. The van der Waals surface area contributed by atoms with Crippen molar-refractivity contribution in [3.8, 4) is 0 Å². The van der Waals surface area contributed by atoms with E-state index in [2.05, 4.69) is 11.1 Å². The summed E-state index contributed by atoms with van der Waals surface area (Å²) >= 11 is 1.42. The van der Waals surface area contributed by atoms with Gasteiger partial charge in [0.1, 0.15) is 0 Å². The van der Waals surface area contributed by atoms with Crippen LogP contribution >= 0.6 is 11.8 Å². The Balaban J connectivity index is 1.42. The minimum atomic E-state index is -3.54. The molecule has 7 nitrogen and oxygen atoms in total. The molecule has 1 amide bonds. The van der Waals surface area contributed by atoms with Gasteiger partial charge in [0.15, 0.2) is 5.16 Å². The summed E-state index contributed by atoms with van der Waals surface area (Å²) in [6.07, 6.45) is 1.82. The molecule has 1 fully saturated rings. The number of sulfonamides is 1. The van der Waals surface area contributed by atoms with Gasteiger partial charge < -0.3 is 9.47 Å². The summed E-state index contributed by atoms with van der Waals surface area (Å²) in [5.41, 5.74) is 1.89. The van der Waals surface area contributed by atoms with Crippen molar-refractivity contribution in [2.45, 2.75) is 28.8 Å². The van der Waals surface area contributed by atoms with E-state index in [-0.39, 0.29) is 29.1 Å². The van der Waals surface area contributed by atoms with E-state index in [0.29, 0.717) is 19.6 Å². The van der Waals surface area contributed by atoms with Crippen LogP contribution in [0.5, 0.6) is 0 Å². The van der Waals surface area contributed by atoms with Gasteiger partial charge in [-0.2, -0.15) is 4.31 Å². The molecule has 1 atom stereocenters. The first kappa shape index (κ1) is 22.6. The fourth-order valence-corrected chi connectivity index (χ4v) is 6.27. The Morgan fingerprint density at radius 3 is 2.44 bits per heavy atom. The molecule has 2 heterocycles. The number of rotatable bonds is 7. The summed E-state index contributed by atoms with van der Waals surface area (Å²) in [5.74, 6) is -0.0102. The number of nitrogens with zero attached hydrogens (tertiary/aromatic N) is 4. The van der Waals surface area contributed by atoms with Crippen LogP contribution in [0.4, 0.5) is 0 Å². The van der Waals surface area contributed by atoms with Crippen molar-refractivity contribution in [1.82, 2.24) is 18.8 Å². The lowest BCUT2D eigenvalue weighted by atomic mass is 10.3. The second-order valence-corrected chi connectivity index (χ2v) is 10.8. The zero-order chi connectivity index (χ0) is 22.7. The van der Waals surface area contributed by atoms with Crippen LogP contribution in [0, 0.1) is 0 Å². The van der Waals surface area contributed by atoms with Crippen molar-refractivity contribution in [3.05, 3.63) is 67.3 Å². The van der Waals surface area contributed by atoms with Crippen LogP contribution in [0.1, 0.15) is 6.92 Å². The summed E-state index contributed by atoms with van der Waals surface area (Å²) in [6, 6.07) is 16.3. The minimum Gasteiger partial charge on any atom is -0.339 e. The number of aromatic nitrogens is 2. The van der Waals surface area contributed by atoms with Gasteiger partial charge in [-0.05, 0) is 31.2 Å². The van der Waals surface area contributed by atoms with Crippen molar-refractivity contribution in [2.75, 3.05) is 26.2 Å². The molecule has 1 aliphatic rings. The van der Waals surface area contributed by atoms with Gasteiger partial charge >= 0.3 is 0 Å². The van der Waals surface area contributed by atoms with Crippen LogP contribution < -0.4 is 0 Å². The van der Waals surface area contributed by atoms with Crippen LogP contribution in [-0.4, -0.2) is 64.5 Å². The SMILES string of the molecule is C=CCn1c(S[C@H](C)C(=O)N2CCN(S(=O)(=O)c3ccccc3)CC2)nc2ccccc21. The molecule has 0 spiro atoms. The Kier molecular flexibility index (Phi) is 6.68. The molecular weight excluding hydrogens is 444 g/mol. The highest BCUT2D eigenvalue weighted by molar-refractivity contribution is 8.00. The van der Waals surface area contributed by atoms with Crippen LogP contribution in [0.2, 0.25) is 0 Å². The van der Waals surface area contributed by atoms with Crippen LogP contribution in [0.3, 0.4) is 0 Å². The third kappa shape index (κ3) is 4.46. The van der Waals surface area contributed by atoms with E-state index in [1.165, 1.54) is 16.1 Å². The molecular formula is C23H26N4O3S2. The smallest absolute Gasteiger partial charge is 0.243 e. The highest BCUT2D eigenvalue weighted by Gasteiger charge is 2.32. The summed E-state index contributed by atoms with van der Waals surface area (Å²) in [7, 11) is -3.54. The molecule has 0 unspecified atom stereocenters. The minimum absolute atomic E-state index is 0.0102. The third-order valence-corrected chi connectivity index (χ3v) is 8.48. The van der Waals surface area contributed by atoms with E-state index >= 15 is 0 Å². The van der Waals surface area contributed by atoms with Gasteiger partial charge in [-0.3, -0.25) is 4.79 Å². The number of hydrogen-bond donors (Lipinski definition) is 0. The molecule has 4 rings (SSSR count). The van der Waals surface area contributed by atoms with Crippen LogP contribution in [0.15, 0.2) is 77.3 Å². The highest BCUT2D eigenvalue weighted by atomic mass is 32.2. The number of piperazine rings is 1. The topological polar surface area (TPSA) is 75.5 Å². The Morgan fingerprint density at radius 1 is 1.09 bits per heavy atom. The van der Waals surface area contributed by atoms with Crippen LogP contribution in [-0.2, 0) is 21.4 Å². The zero-order valence-corrected chi connectivity index (χ0v) is 19.6. The van der Waals surface area contributed by atoms with Gasteiger partial charge in [0.25, 0.3) is 0 Å². The van der Waals surface area contributed by atoms with Gasteiger partial charge in [0.2, 0.25) is 15.9 Å². The lowest BCUT2D eigenvalue weighted by Crippen LogP contribution is -2.52. The van der Waals surface area contributed by atoms with E-state index < -0.39 is 10.0 Å². The lowest BCUT2D eigenvalue weighted by Gasteiger charge is -2.35. The number of allylic oxidation sites excluding steroid dienone is 1. The van der Waals surface area contributed by atoms with Gasteiger partial charge in [-0.1, -0.05) is 48.2 Å². The number of benzene rings is 2. The van der Waals surface area contributed by atoms with Crippen molar-refractivity contribution in [1.29, 1.82) is 0 Å². The number of hydrogen-bond acceptors (Lipinski definition) is 5. The molecule has 3 aromatic rings. The average molecular weight is 471 g/mol. The summed E-state index contributed by atoms with van der Waals surface area (Å²) in [6.45, 7) is 7.64. The van der Waals surface area contributed by atoms with Crippen molar-refractivity contribution < 1.29 is 13.2 Å². The molecule has 1 aliphatic heterocycles. The predicted molar refractivity (Wildman–Crippen MR) is 127 cm³/mol. The number of carbonyl (C=O) groups is 1. The first-order valence-corrected chi connectivity index (χ1v) is 12.8. The normalized spacial score (nSPS) is 16.2. The van der Waals surface area contributed by atoms with E-state index in [0.717, 1.165) is 16.2 Å². The van der Waals surface area contributed by atoms with Crippen molar-refractivity contribution in [3.63, 3.8) is 0 Å². The van der Waals surface area contributed by atoms with E-state index in [9.17, 15) is 13.2 Å². The summed E-state index contributed by atoms with van der Waals surface area (Å²) < 4.78 is 29.2. The Labute approximate surface area is 192 Å². The Bertz CT molecular complexity index is 1220. The number of para-hydroxylation sites is 2. The number of carbonyl (C=O) groups excluding carboxylic acids is 1. The van der Waals surface area contributed by atoms with E-state index in [1.807, 2.05) is 37.3 Å². The quantitative estimate of drug-likeness (QED) is 0.391. The highest BCUT2D eigenvalue weighted by Crippen LogP contribution is 2.28. The second kappa shape index (κ2) is 9.48. The number of fused-ring (bicyclic) bond motifs is 1. The molecule has 0 bridgehead atoms. The first-order chi connectivity index (χ1) is 15.4. The lowest BCUT2D eigenvalue weighted by molar-refractivity contribution is -0.131. The molecule has 168 valence electrons. The van der Waals surface area contributed by atoms with E-state index in [4.69, 9.17) is 4.98 Å². The first-order valence-electron chi connectivity index (χ1n) is 10.5. The largest absolute Gasteiger partial charge is 0.339 e. The van der Waals surface area contributed by atoms with Gasteiger partial charge in [0.05, 0.1) is 21.2 Å². The number of amides is 1. The zero-order valence-electron chi connectivity index (χ0n) is 17.9. The third-order valence-electron chi connectivity index (χ3n) is 5.49. The van der Waals surface area contributed by atoms with Crippen LogP contribution in [0.25, 0.3) is 11.0 Å². The molecule has 0 aliphatic carbocycles. The maximum atomic E-state index is 13.1. The maximum absolute atomic E-state index is 13.1. The molecule has 2 aromatic carbocycles. The standard InChI is InChI=1S/C23H26N4O3S2/c1-3-13-27-21-12-8-7-11-20(21)24-23(27)31-18(2)22(28)25-14-16-26(17-15-25)32(29,30)19-9-5-4-6-10-19/h3-12,18H,1,13-17H2,2H3/t18-/m1/s1. The van der Waals surface area contributed by atoms with E-state index in [1.54, 1.807) is 35.2 Å². The molecule has 9 heteroatoms.